The molecule has 0 spiro atoms. The number of fused-ring (bicyclic) bond motifs is 1. The lowest BCUT2D eigenvalue weighted by atomic mass is 10.1. The van der Waals surface area contributed by atoms with Gasteiger partial charge in [0.15, 0.2) is 6.61 Å². The number of likely N-dealkylation sites (N-methyl/N-ethyl adjacent to an activating group) is 1. The van der Waals surface area contributed by atoms with Crippen molar-refractivity contribution >= 4 is 28.3 Å². The van der Waals surface area contributed by atoms with Crippen LogP contribution in [0.3, 0.4) is 0 Å². The molecular formula is C21H18FNO3. The monoisotopic (exact) mass is 351 g/mol. The van der Waals surface area contributed by atoms with E-state index in [1.54, 1.807) is 19.1 Å². The molecule has 0 fully saturated rings. The minimum atomic E-state index is -0.551. The zero-order chi connectivity index (χ0) is 18.5. The van der Waals surface area contributed by atoms with Gasteiger partial charge in [-0.3, -0.25) is 4.79 Å². The van der Waals surface area contributed by atoms with Gasteiger partial charge in [0, 0.05) is 12.2 Å². The lowest BCUT2D eigenvalue weighted by Gasteiger charge is -2.21. The fourth-order valence-corrected chi connectivity index (χ4v) is 2.81. The molecule has 0 aliphatic carbocycles. The summed E-state index contributed by atoms with van der Waals surface area (Å²) in [6.07, 6.45) is 0. The molecule has 3 aromatic rings. The van der Waals surface area contributed by atoms with Crippen molar-refractivity contribution < 1.29 is 18.7 Å². The summed E-state index contributed by atoms with van der Waals surface area (Å²) >= 11 is 0. The molecule has 1 amide bonds. The molecule has 3 rings (SSSR count). The van der Waals surface area contributed by atoms with Gasteiger partial charge in [-0.2, -0.15) is 0 Å². The number of halogens is 1. The number of anilines is 1. The third-order valence-electron chi connectivity index (χ3n) is 4.09. The Bertz CT molecular complexity index is 932. The van der Waals surface area contributed by atoms with Gasteiger partial charge in [0.25, 0.3) is 5.91 Å². The fraction of sp³-hybridized carbons (Fsp3) is 0.143. The summed E-state index contributed by atoms with van der Waals surface area (Å²) in [6, 6.07) is 18.4. The summed E-state index contributed by atoms with van der Waals surface area (Å²) < 4.78 is 18.3. The Kier molecular flexibility index (Phi) is 5.27. The summed E-state index contributed by atoms with van der Waals surface area (Å²) in [5, 5.41) is 1.70. The molecule has 0 saturated carbocycles. The summed E-state index contributed by atoms with van der Waals surface area (Å²) in [4.78, 5) is 26.3. The molecular weight excluding hydrogens is 333 g/mol. The van der Waals surface area contributed by atoms with Crippen LogP contribution in [0.5, 0.6) is 0 Å². The Morgan fingerprint density at radius 1 is 0.962 bits per heavy atom. The predicted octanol–water partition coefficient (Wildman–Crippen LogP) is 4.19. The van der Waals surface area contributed by atoms with Crippen LogP contribution < -0.4 is 4.90 Å². The number of ether oxygens (including phenoxy) is 1. The maximum atomic E-state index is 13.1. The topological polar surface area (TPSA) is 46.6 Å². The van der Waals surface area contributed by atoms with E-state index in [2.05, 4.69) is 0 Å². The average Bonchev–Trinajstić information content (AvgIpc) is 2.67. The zero-order valence-corrected chi connectivity index (χ0v) is 14.3. The van der Waals surface area contributed by atoms with E-state index in [4.69, 9.17) is 4.74 Å². The van der Waals surface area contributed by atoms with Crippen LogP contribution in [0.1, 0.15) is 17.3 Å². The molecule has 0 aliphatic rings. The van der Waals surface area contributed by atoms with Crippen LogP contribution >= 0.6 is 0 Å². The van der Waals surface area contributed by atoms with E-state index in [9.17, 15) is 14.0 Å². The maximum Gasteiger partial charge on any atom is 0.339 e. The fourth-order valence-electron chi connectivity index (χ4n) is 2.81. The van der Waals surface area contributed by atoms with Crippen molar-refractivity contribution in [2.75, 3.05) is 18.1 Å². The lowest BCUT2D eigenvalue weighted by molar-refractivity contribution is -0.121. The zero-order valence-electron chi connectivity index (χ0n) is 14.3. The number of carbonyl (C=O) groups is 2. The summed E-state index contributed by atoms with van der Waals surface area (Å²) in [7, 11) is 0. The van der Waals surface area contributed by atoms with Crippen LogP contribution in [0.25, 0.3) is 10.8 Å². The van der Waals surface area contributed by atoms with E-state index < -0.39 is 5.97 Å². The molecule has 3 aromatic carbocycles. The number of hydrogen-bond donors (Lipinski definition) is 0. The molecule has 26 heavy (non-hydrogen) atoms. The Balaban J connectivity index is 1.71. The smallest absolute Gasteiger partial charge is 0.339 e. The van der Waals surface area contributed by atoms with Crippen LogP contribution in [0.15, 0.2) is 66.7 Å². The Hall–Kier alpha value is -3.21. The molecule has 0 aromatic heterocycles. The standard InChI is InChI=1S/C21H18FNO3/c1-2-23(17-12-10-16(22)11-13-17)20(24)14-26-21(25)19-9-5-7-15-6-3-4-8-18(15)19/h3-13H,2,14H2,1H3. The van der Waals surface area contributed by atoms with Crippen molar-refractivity contribution in [2.24, 2.45) is 0 Å². The van der Waals surface area contributed by atoms with Crippen LogP contribution in [0.4, 0.5) is 10.1 Å². The van der Waals surface area contributed by atoms with Crippen LogP contribution in [-0.2, 0) is 9.53 Å². The average molecular weight is 351 g/mol. The highest BCUT2D eigenvalue weighted by molar-refractivity contribution is 6.05. The van der Waals surface area contributed by atoms with Crippen molar-refractivity contribution in [2.45, 2.75) is 6.92 Å². The predicted molar refractivity (Wildman–Crippen MR) is 98.7 cm³/mol. The van der Waals surface area contributed by atoms with Gasteiger partial charge in [0.05, 0.1) is 5.56 Å². The number of hydrogen-bond acceptors (Lipinski definition) is 3. The van der Waals surface area contributed by atoms with Crippen molar-refractivity contribution in [1.82, 2.24) is 0 Å². The highest BCUT2D eigenvalue weighted by atomic mass is 19.1. The molecule has 0 saturated heterocycles. The molecule has 0 heterocycles. The van der Waals surface area contributed by atoms with Crippen LogP contribution in [0, 0.1) is 5.82 Å². The minimum Gasteiger partial charge on any atom is -0.452 e. The molecule has 5 heteroatoms. The minimum absolute atomic E-state index is 0.368. The normalized spacial score (nSPS) is 10.5. The van der Waals surface area contributed by atoms with Gasteiger partial charge in [-0.15, -0.1) is 0 Å². The number of carbonyl (C=O) groups excluding carboxylic acids is 2. The molecule has 0 N–H and O–H groups in total. The number of nitrogens with zero attached hydrogens (tertiary/aromatic N) is 1. The molecule has 0 bridgehead atoms. The first-order chi connectivity index (χ1) is 12.6. The third-order valence-corrected chi connectivity index (χ3v) is 4.09. The van der Waals surface area contributed by atoms with Crippen molar-refractivity contribution in [3.05, 3.63) is 78.1 Å². The van der Waals surface area contributed by atoms with Gasteiger partial charge in [-0.25, -0.2) is 9.18 Å². The summed E-state index contributed by atoms with van der Waals surface area (Å²) in [6.45, 7) is 1.80. The first kappa shape index (κ1) is 17.6. The Morgan fingerprint density at radius 3 is 2.38 bits per heavy atom. The van der Waals surface area contributed by atoms with Gasteiger partial charge in [-0.1, -0.05) is 36.4 Å². The number of amides is 1. The molecule has 4 nitrogen and oxygen atoms in total. The van der Waals surface area contributed by atoms with E-state index in [1.807, 2.05) is 30.3 Å². The summed E-state index contributed by atoms with van der Waals surface area (Å²) in [5.41, 5.74) is 0.973. The van der Waals surface area contributed by atoms with Crippen molar-refractivity contribution in [3.8, 4) is 0 Å². The SMILES string of the molecule is CCN(C(=O)COC(=O)c1cccc2ccccc12)c1ccc(F)cc1. The van der Waals surface area contributed by atoms with Gasteiger partial charge in [0.1, 0.15) is 5.82 Å². The molecule has 132 valence electrons. The van der Waals surface area contributed by atoms with Gasteiger partial charge >= 0.3 is 5.97 Å². The Labute approximate surface area is 150 Å². The Morgan fingerprint density at radius 2 is 1.65 bits per heavy atom. The summed E-state index contributed by atoms with van der Waals surface area (Å²) in [5.74, 6) is -1.29. The first-order valence-corrected chi connectivity index (χ1v) is 8.31. The van der Waals surface area contributed by atoms with Gasteiger partial charge in [0.2, 0.25) is 0 Å². The van der Waals surface area contributed by atoms with E-state index >= 15 is 0 Å². The van der Waals surface area contributed by atoms with E-state index in [0.29, 0.717) is 17.8 Å². The van der Waals surface area contributed by atoms with Crippen LogP contribution in [-0.4, -0.2) is 25.0 Å². The van der Waals surface area contributed by atoms with Crippen LogP contribution in [0.2, 0.25) is 0 Å². The van der Waals surface area contributed by atoms with Crippen molar-refractivity contribution in [1.29, 1.82) is 0 Å². The van der Waals surface area contributed by atoms with Crippen molar-refractivity contribution in [3.63, 3.8) is 0 Å². The second-order valence-corrected chi connectivity index (χ2v) is 5.72. The first-order valence-electron chi connectivity index (χ1n) is 8.31. The van der Waals surface area contributed by atoms with Gasteiger partial charge < -0.3 is 9.64 Å². The number of rotatable bonds is 5. The van der Waals surface area contributed by atoms with E-state index in [1.165, 1.54) is 29.2 Å². The second-order valence-electron chi connectivity index (χ2n) is 5.72. The van der Waals surface area contributed by atoms with Gasteiger partial charge in [-0.05, 0) is 48.0 Å². The number of esters is 1. The molecule has 0 aliphatic heterocycles. The third kappa shape index (κ3) is 3.72. The lowest BCUT2D eigenvalue weighted by Crippen LogP contribution is -2.34. The largest absolute Gasteiger partial charge is 0.452 e. The second kappa shape index (κ2) is 7.78. The molecule has 0 atom stereocenters. The molecule has 0 unspecified atom stereocenters. The quantitative estimate of drug-likeness (QED) is 0.648. The van der Waals surface area contributed by atoms with E-state index in [0.717, 1.165) is 10.8 Å². The highest BCUT2D eigenvalue weighted by Gasteiger charge is 2.18. The van der Waals surface area contributed by atoms with E-state index in [-0.39, 0.29) is 18.3 Å². The molecule has 0 radical (unpaired) electrons. The number of benzene rings is 3. The highest BCUT2D eigenvalue weighted by Crippen LogP contribution is 2.20. The maximum absolute atomic E-state index is 13.1.